The molecule has 110 valence electrons. The summed E-state index contributed by atoms with van der Waals surface area (Å²) in [5, 5.41) is 15.8. The van der Waals surface area contributed by atoms with Crippen molar-refractivity contribution in [2.75, 3.05) is 7.05 Å². The van der Waals surface area contributed by atoms with Crippen LogP contribution in [0.15, 0.2) is 36.8 Å². The van der Waals surface area contributed by atoms with E-state index in [1.165, 1.54) is 12.5 Å². The van der Waals surface area contributed by atoms with Crippen LogP contribution in [0.25, 0.3) is 0 Å². The molecule has 8 heteroatoms. The van der Waals surface area contributed by atoms with Crippen LogP contribution in [0.3, 0.4) is 0 Å². The van der Waals surface area contributed by atoms with E-state index in [2.05, 4.69) is 15.6 Å². The lowest BCUT2D eigenvalue weighted by molar-refractivity contribution is -0.389. The lowest BCUT2D eigenvalue weighted by atomic mass is 10.1. The number of nitrogens with one attached hydrogen (secondary N) is 2. The van der Waals surface area contributed by atoms with Crippen LogP contribution in [-0.2, 0) is 13.1 Å². The van der Waals surface area contributed by atoms with E-state index >= 15 is 0 Å². The minimum Gasteiger partial charge on any atom is -0.358 e. The third kappa shape index (κ3) is 3.78. The Morgan fingerprint density at radius 2 is 2.10 bits per heavy atom. The summed E-state index contributed by atoms with van der Waals surface area (Å²) in [4.78, 5) is 25.0. The van der Waals surface area contributed by atoms with Crippen LogP contribution in [0.2, 0.25) is 0 Å². The predicted octanol–water partition coefficient (Wildman–Crippen LogP) is 1.27. The molecule has 2 N–H and O–H groups in total. The van der Waals surface area contributed by atoms with E-state index in [1.54, 1.807) is 11.6 Å². The van der Waals surface area contributed by atoms with Crippen molar-refractivity contribution in [1.29, 1.82) is 0 Å². The molecule has 0 saturated heterocycles. The van der Waals surface area contributed by atoms with E-state index in [0.717, 1.165) is 11.1 Å². The van der Waals surface area contributed by atoms with E-state index in [0.29, 0.717) is 13.1 Å². The highest BCUT2D eigenvalue weighted by Gasteiger charge is 2.11. The number of amides is 2. The van der Waals surface area contributed by atoms with Gasteiger partial charge < -0.3 is 25.3 Å². The number of imidazole rings is 1. The molecule has 2 aromatic rings. The molecule has 8 nitrogen and oxygen atoms in total. The highest BCUT2D eigenvalue weighted by molar-refractivity contribution is 5.73. The van der Waals surface area contributed by atoms with Crippen molar-refractivity contribution in [2.24, 2.45) is 0 Å². The molecule has 0 spiro atoms. The van der Waals surface area contributed by atoms with Crippen LogP contribution in [0.4, 0.5) is 10.6 Å². The second kappa shape index (κ2) is 6.51. The van der Waals surface area contributed by atoms with Gasteiger partial charge in [-0.15, -0.1) is 0 Å². The fraction of sp³-hybridized carbons (Fsp3) is 0.231. The van der Waals surface area contributed by atoms with E-state index in [9.17, 15) is 14.9 Å². The predicted molar refractivity (Wildman–Crippen MR) is 75.7 cm³/mol. The number of nitrogens with zero attached hydrogens (tertiary/aromatic N) is 3. The molecule has 0 saturated carbocycles. The minimum atomic E-state index is -0.532. The summed E-state index contributed by atoms with van der Waals surface area (Å²) in [5.74, 6) is -0.184. The first-order valence-corrected chi connectivity index (χ1v) is 6.28. The highest BCUT2D eigenvalue weighted by atomic mass is 16.6. The van der Waals surface area contributed by atoms with E-state index < -0.39 is 4.92 Å². The molecule has 1 aromatic heterocycles. The van der Waals surface area contributed by atoms with Gasteiger partial charge in [-0.2, -0.15) is 0 Å². The second-order valence-corrected chi connectivity index (χ2v) is 4.36. The maximum absolute atomic E-state index is 11.2. The Hall–Kier alpha value is -2.90. The maximum Gasteiger partial charge on any atom is 0.381 e. The minimum absolute atomic E-state index is 0.184. The normalized spacial score (nSPS) is 10.1. The number of aromatic nitrogens is 2. The zero-order chi connectivity index (χ0) is 15.2. The quantitative estimate of drug-likeness (QED) is 0.639. The average Bonchev–Trinajstić information content (AvgIpc) is 2.95. The second-order valence-electron chi connectivity index (χ2n) is 4.36. The molecule has 0 aliphatic rings. The first kappa shape index (κ1) is 14.5. The number of carbonyl (C=O) groups excluding carboxylic acids is 1. The molecule has 1 heterocycles. The van der Waals surface area contributed by atoms with Gasteiger partial charge in [-0.1, -0.05) is 24.3 Å². The molecular formula is C13H15N5O3. The third-order valence-electron chi connectivity index (χ3n) is 2.94. The van der Waals surface area contributed by atoms with Gasteiger partial charge in [-0.05, 0) is 21.0 Å². The Labute approximate surface area is 121 Å². The first-order valence-electron chi connectivity index (χ1n) is 6.28. The third-order valence-corrected chi connectivity index (χ3v) is 2.94. The summed E-state index contributed by atoms with van der Waals surface area (Å²) < 4.78 is 1.64. The Bertz CT molecular complexity index is 653. The number of benzene rings is 1. The first-order chi connectivity index (χ1) is 10.1. The lowest BCUT2D eigenvalue weighted by Gasteiger charge is -2.10. The van der Waals surface area contributed by atoms with Gasteiger partial charge in [0.15, 0.2) is 0 Å². The van der Waals surface area contributed by atoms with Gasteiger partial charge in [0, 0.05) is 13.6 Å². The standard InChI is InChI=1S/C13H15N5O3/c1-14-13(19)15-6-10-4-2-3-5-11(10)7-17-8-12(16-9-17)18(20)21/h2-5,8-9H,6-7H2,1H3,(H2,14,15,19). The SMILES string of the molecule is CNC(=O)NCc1ccccc1Cn1cnc([N+](=O)[O-])c1. The summed E-state index contributed by atoms with van der Waals surface area (Å²) in [6.07, 6.45) is 2.80. The average molecular weight is 289 g/mol. The van der Waals surface area contributed by atoms with Gasteiger partial charge in [-0.25, -0.2) is 4.79 Å². The smallest absolute Gasteiger partial charge is 0.358 e. The summed E-state index contributed by atoms with van der Waals surface area (Å²) in [6.45, 7) is 0.832. The number of hydrogen-bond donors (Lipinski definition) is 2. The van der Waals surface area contributed by atoms with Crippen LogP contribution in [0.5, 0.6) is 0 Å². The van der Waals surface area contributed by atoms with Gasteiger partial charge in [0.05, 0.1) is 6.54 Å². The molecule has 0 aliphatic carbocycles. The van der Waals surface area contributed by atoms with Crippen molar-refractivity contribution >= 4 is 11.8 Å². The lowest BCUT2D eigenvalue weighted by Crippen LogP contribution is -2.32. The maximum atomic E-state index is 11.2. The monoisotopic (exact) mass is 289 g/mol. The van der Waals surface area contributed by atoms with E-state index in [1.807, 2.05) is 24.3 Å². The van der Waals surface area contributed by atoms with Crippen LogP contribution >= 0.6 is 0 Å². The Morgan fingerprint density at radius 1 is 1.38 bits per heavy atom. The Morgan fingerprint density at radius 3 is 2.71 bits per heavy atom. The fourth-order valence-corrected chi connectivity index (χ4v) is 1.87. The Balaban J connectivity index is 2.11. The van der Waals surface area contributed by atoms with Crippen molar-refractivity contribution in [3.63, 3.8) is 0 Å². The number of carbonyl (C=O) groups is 1. The molecule has 2 amide bonds. The largest absolute Gasteiger partial charge is 0.381 e. The van der Waals surface area contributed by atoms with Crippen molar-refractivity contribution in [1.82, 2.24) is 20.2 Å². The van der Waals surface area contributed by atoms with Crippen LogP contribution in [-0.4, -0.2) is 27.6 Å². The number of hydrogen-bond acceptors (Lipinski definition) is 4. The number of rotatable bonds is 5. The molecule has 2 rings (SSSR count). The summed E-state index contributed by atoms with van der Waals surface area (Å²) in [6, 6.07) is 7.30. The van der Waals surface area contributed by atoms with Gasteiger partial charge in [-0.3, -0.25) is 0 Å². The highest BCUT2D eigenvalue weighted by Crippen LogP contribution is 2.13. The molecule has 1 aromatic carbocycles. The fourth-order valence-electron chi connectivity index (χ4n) is 1.87. The number of nitro groups is 1. The molecular weight excluding hydrogens is 274 g/mol. The van der Waals surface area contributed by atoms with Crippen molar-refractivity contribution in [3.05, 3.63) is 58.0 Å². The zero-order valence-electron chi connectivity index (χ0n) is 11.4. The van der Waals surface area contributed by atoms with Gasteiger partial charge in [0.2, 0.25) is 6.33 Å². The van der Waals surface area contributed by atoms with Crippen LogP contribution in [0.1, 0.15) is 11.1 Å². The molecule has 0 radical (unpaired) electrons. The van der Waals surface area contributed by atoms with E-state index in [4.69, 9.17) is 0 Å². The van der Waals surface area contributed by atoms with Gasteiger partial charge in [0.1, 0.15) is 6.20 Å². The van der Waals surface area contributed by atoms with Gasteiger partial charge >= 0.3 is 11.8 Å². The van der Waals surface area contributed by atoms with Crippen molar-refractivity contribution in [2.45, 2.75) is 13.1 Å². The topological polar surface area (TPSA) is 102 Å². The number of urea groups is 1. The van der Waals surface area contributed by atoms with E-state index in [-0.39, 0.29) is 11.8 Å². The molecule has 0 aliphatic heterocycles. The molecule has 21 heavy (non-hydrogen) atoms. The zero-order valence-corrected chi connectivity index (χ0v) is 11.4. The van der Waals surface area contributed by atoms with Crippen LogP contribution in [0, 0.1) is 10.1 Å². The summed E-state index contributed by atoms with van der Waals surface area (Å²) >= 11 is 0. The molecule has 0 fully saturated rings. The summed E-state index contributed by atoms with van der Waals surface area (Å²) in [5.41, 5.74) is 1.90. The van der Waals surface area contributed by atoms with Crippen molar-refractivity contribution < 1.29 is 9.72 Å². The summed E-state index contributed by atoms with van der Waals surface area (Å²) in [7, 11) is 1.55. The molecule has 0 atom stereocenters. The van der Waals surface area contributed by atoms with Crippen molar-refractivity contribution in [3.8, 4) is 0 Å². The van der Waals surface area contributed by atoms with Gasteiger partial charge in [0.25, 0.3) is 0 Å². The molecule has 0 unspecified atom stereocenters. The molecule has 0 bridgehead atoms. The Kier molecular flexibility index (Phi) is 4.50. The van der Waals surface area contributed by atoms with Crippen LogP contribution < -0.4 is 10.6 Å².